The number of imidazole rings is 1. The fourth-order valence-corrected chi connectivity index (χ4v) is 4.11. The molecule has 1 aromatic carbocycles. The summed E-state index contributed by atoms with van der Waals surface area (Å²) >= 11 is 0. The molecule has 5 aromatic rings. The molecule has 33 heavy (non-hydrogen) atoms. The molecule has 1 amide bonds. The number of amides is 1. The molecule has 0 saturated heterocycles. The number of rotatable bonds is 5. The Hall–Kier alpha value is -4.32. The number of aromatic amines is 2. The number of para-hydroxylation sites is 1. The molecule has 0 radical (unpaired) electrons. The molecule has 0 aliphatic carbocycles. The van der Waals surface area contributed by atoms with Crippen molar-refractivity contribution in [2.24, 2.45) is 0 Å². The average Bonchev–Trinajstić information content (AvgIpc) is 3.40. The first-order valence-corrected chi connectivity index (χ1v) is 11.7. The number of H-pyrrole nitrogens is 2. The molecule has 0 aliphatic rings. The summed E-state index contributed by atoms with van der Waals surface area (Å²) in [5.41, 5.74) is 4.55. The maximum Gasteiger partial charge on any atom is 0.253 e. The number of nitrogens with zero attached hydrogens (tertiary/aromatic N) is 4. The predicted molar refractivity (Wildman–Crippen MR) is 124 cm³/mol. The monoisotopic (exact) mass is 462 g/mol. The summed E-state index contributed by atoms with van der Waals surface area (Å²) in [6, 6.07) is 8.88. The number of hydrogen-bond donors (Lipinski definition) is 4. The second kappa shape index (κ2) is 7.67. The van der Waals surface area contributed by atoms with E-state index in [0.29, 0.717) is 50.4 Å². The number of benzene rings is 1. The van der Waals surface area contributed by atoms with Gasteiger partial charge in [-0.2, -0.15) is 5.10 Å². The number of nitrogens with one attached hydrogen (secondary N) is 4. The highest BCUT2D eigenvalue weighted by atomic mass is 32.2. The van der Waals surface area contributed by atoms with Crippen molar-refractivity contribution in [3.05, 3.63) is 54.5 Å². The second-order valence-electron chi connectivity index (χ2n) is 7.40. The summed E-state index contributed by atoms with van der Waals surface area (Å²) in [4.78, 5) is 28.6. The van der Waals surface area contributed by atoms with E-state index in [9.17, 15) is 13.2 Å². The third kappa shape index (κ3) is 3.87. The number of fused-ring (bicyclic) bond motifs is 2. The van der Waals surface area contributed by atoms with E-state index >= 15 is 0 Å². The number of sulfonamides is 1. The molecule has 0 unspecified atom stereocenters. The zero-order valence-electron chi connectivity index (χ0n) is 17.5. The van der Waals surface area contributed by atoms with Crippen molar-refractivity contribution in [2.45, 2.75) is 0 Å². The molecule has 166 valence electrons. The Morgan fingerprint density at radius 3 is 2.70 bits per heavy atom. The highest BCUT2D eigenvalue weighted by molar-refractivity contribution is 7.92. The lowest BCUT2D eigenvalue weighted by Crippen LogP contribution is -2.18. The van der Waals surface area contributed by atoms with Crippen molar-refractivity contribution < 1.29 is 13.2 Å². The molecule has 4 N–H and O–H groups in total. The predicted octanol–water partition coefficient (Wildman–Crippen LogP) is 2.29. The van der Waals surface area contributed by atoms with Crippen LogP contribution in [-0.2, 0) is 10.0 Å². The lowest BCUT2D eigenvalue weighted by Gasteiger charge is -2.06. The first-order chi connectivity index (χ1) is 15.8. The minimum absolute atomic E-state index is 0.229. The van der Waals surface area contributed by atoms with Crippen molar-refractivity contribution in [2.75, 3.05) is 18.0 Å². The van der Waals surface area contributed by atoms with Crippen LogP contribution in [0.4, 0.5) is 5.69 Å². The normalized spacial score (nSPS) is 11.7. The Labute approximate surface area is 187 Å². The third-order valence-corrected chi connectivity index (χ3v) is 5.61. The van der Waals surface area contributed by atoms with Gasteiger partial charge < -0.3 is 10.3 Å². The van der Waals surface area contributed by atoms with Crippen molar-refractivity contribution in [1.82, 2.24) is 35.5 Å². The van der Waals surface area contributed by atoms with Crippen LogP contribution in [0.3, 0.4) is 0 Å². The highest BCUT2D eigenvalue weighted by Gasteiger charge is 2.17. The average molecular weight is 462 g/mol. The van der Waals surface area contributed by atoms with E-state index in [2.05, 4.69) is 40.2 Å². The minimum Gasteiger partial charge on any atom is -0.355 e. The highest BCUT2D eigenvalue weighted by Crippen LogP contribution is 2.30. The van der Waals surface area contributed by atoms with Crippen molar-refractivity contribution in [3.63, 3.8) is 0 Å². The maximum atomic E-state index is 12.2. The summed E-state index contributed by atoms with van der Waals surface area (Å²) in [6.45, 7) is 0. The van der Waals surface area contributed by atoms with Gasteiger partial charge in [0.05, 0.1) is 34.6 Å². The van der Waals surface area contributed by atoms with E-state index in [-0.39, 0.29) is 5.91 Å². The molecule has 12 heteroatoms. The van der Waals surface area contributed by atoms with E-state index in [0.717, 1.165) is 11.8 Å². The summed E-state index contributed by atoms with van der Waals surface area (Å²) in [7, 11) is -1.86. The SMILES string of the molecule is CNC(=O)c1cccc2[nH]c(-c3[nH]nc4ncc(-c5cncc(NS(C)(=O)=O)c5)cc34)nc12. The van der Waals surface area contributed by atoms with Gasteiger partial charge in [0.15, 0.2) is 11.5 Å². The van der Waals surface area contributed by atoms with Crippen LogP contribution in [0.5, 0.6) is 0 Å². The van der Waals surface area contributed by atoms with Gasteiger partial charge in [0, 0.05) is 30.6 Å². The number of pyridine rings is 2. The van der Waals surface area contributed by atoms with Crippen LogP contribution in [0.15, 0.2) is 48.9 Å². The van der Waals surface area contributed by atoms with Gasteiger partial charge in [-0.15, -0.1) is 0 Å². The van der Waals surface area contributed by atoms with Crippen molar-refractivity contribution >= 4 is 43.7 Å². The Morgan fingerprint density at radius 2 is 1.91 bits per heavy atom. The molecule has 11 nitrogen and oxygen atoms in total. The van der Waals surface area contributed by atoms with Crippen molar-refractivity contribution in [3.8, 4) is 22.6 Å². The van der Waals surface area contributed by atoms with Crippen LogP contribution < -0.4 is 10.0 Å². The van der Waals surface area contributed by atoms with E-state index in [4.69, 9.17) is 0 Å². The Balaban J connectivity index is 1.60. The fraction of sp³-hybridized carbons (Fsp3) is 0.0952. The second-order valence-corrected chi connectivity index (χ2v) is 9.15. The zero-order valence-corrected chi connectivity index (χ0v) is 18.4. The van der Waals surface area contributed by atoms with Gasteiger partial charge >= 0.3 is 0 Å². The van der Waals surface area contributed by atoms with Gasteiger partial charge in [0.1, 0.15) is 11.2 Å². The van der Waals surface area contributed by atoms with Gasteiger partial charge in [-0.25, -0.2) is 18.4 Å². The molecule has 0 fully saturated rings. The Kier molecular flexibility index (Phi) is 4.78. The minimum atomic E-state index is -3.43. The van der Waals surface area contributed by atoms with Crippen LogP contribution in [0.1, 0.15) is 10.4 Å². The van der Waals surface area contributed by atoms with Gasteiger partial charge in [-0.3, -0.25) is 19.6 Å². The first-order valence-electron chi connectivity index (χ1n) is 9.81. The van der Waals surface area contributed by atoms with Gasteiger partial charge in [-0.1, -0.05) is 6.07 Å². The first kappa shape index (κ1) is 20.6. The van der Waals surface area contributed by atoms with Crippen molar-refractivity contribution in [1.29, 1.82) is 0 Å². The largest absolute Gasteiger partial charge is 0.355 e. The maximum absolute atomic E-state index is 12.2. The van der Waals surface area contributed by atoms with Crippen LogP contribution >= 0.6 is 0 Å². The smallest absolute Gasteiger partial charge is 0.253 e. The summed E-state index contributed by atoms with van der Waals surface area (Å²) in [6.07, 6.45) is 5.76. The molecule has 5 rings (SSSR count). The lowest BCUT2D eigenvalue weighted by molar-refractivity contribution is 0.0964. The molecule has 0 saturated carbocycles. The number of carbonyl (C=O) groups excluding carboxylic acids is 1. The van der Waals surface area contributed by atoms with Gasteiger partial charge in [-0.05, 0) is 24.3 Å². The summed E-state index contributed by atoms with van der Waals surface area (Å²) in [5, 5.41) is 10.5. The molecule has 4 heterocycles. The summed E-state index contributed by atoms with van der Waals surface area (Å²) < 4.78 is 25.5. The van der Waals surface area contributed by atoms with Gasteiger partial charge in [0.25, 0.3) is 5.91 Å². The zero-order chi connectivity index (χ0) is 23.2. The number of aromatic nitrogens is 6. The standard InChI is InChI=1S/C21H18N8O3S/c1-22-21(30)14-4-3-5-16-17(14)26-20(25-16)18-15-7-12(9-24-19(15)28-27-18)11-6-13(10-23-8-11)29-33(2,31)32/h3-10,29H,1-2H3,(H,22,30)(H,25,26)(H,24,27,28). The van der Waals surface area contributed by atoms with E-state index in [1.54, 1.807) is 37.6 Å². The quantitative estimate of drug-likeness (QED) is 0.312. The number of carbonyl (C=O) groups is 1. The third-order valence-electron chi connectivity index (χ3n) is 5.01. The molecular weight excluding hydrogens is 444 g/mol. The van der Waals surface area contributed by atoms with E-state index in [1.807, 2.05) is 12.1 Å². The molecule has 0 spiro atoms. The fourth-order valence-electron chi connectivity index (χ4n) is 3.57. The Morgan fingerprint density at radius 1 is 1.09 bits per heavy atom. The molecule has 0 aliphatic heterocycles. The topological polar surface area (TPSA) is 158 Å². The molecule has 4 aromatic heterocycles. The number of anilines is 1. The van der Waals surface area contributed by atoms with Crippen LogP contribution in [0.25, 0.3) is 44.7 Å². The van der Waals surface area contributed by atoms with E-state index < -0.39 is 10.0 Å². The number of hydrogen-bond acceptors (Lipinski definition) is 7. The van der Waals surface area contributed by atoms with Crippen LogP contribution in [-0.4, -0.2) is 57.8 Å². The molecular formula is C21H18N8O3S. The lowest BCUT2D eigenvalue weighted by atomic mass is 10.1. The summed E-state index contributed by atoms with van der Waals surface area (Å²) in [5.74, 6) is 0.278. The van der Waals surface area contributed by atoms with Gasteiger partial charge in [0.2, 0.25) is 10.0 Å². The molecule has 0 bridgehead atoms. The Bertz CT molecular complexity index is 1640. The molecule has 0 atom stereocenters. The van der Waals surface area contributed by atoms with Crippen LogP contribution in [0, 0.1) is 0 Å². The van der Waals surface area contributed by atoms with Crippen LogP contribution in [0.2, 0.25) is 0 Å². The van der Waals surface area contributed by atoms with E-state index in [1.165, 1.54) is 6.20 Å².